The van der Waals surface area contributed by atoms with E-state index in [1.807, 2.05) is 38.1 Å². The number of hydrogen-bond donors (Lipinski definition) is 2. The van der Waals surface area contributed by atoms with Crippen molar-refractivity contribution >= 4 is 11.9 Å². The van der Waals surface area contributed by atoms with Crippen LogP contribution in [0.5, 0.6) is 0 Å². The smallest absolute Gasteiger partial charge is 0.305 e. The highest BCUT2D eigenvalue weighted by Gasteiger charge is 2.44. The fourth-order valence-electron chi connectivity index (χ4n) is 3.50. The van der Waals surface area contributed by atoms with Crippen molar-refractivity contribution < 1.29 is 14.7 Å². The minimum atomic E-state index is -0.901. The second-order valence-electron chi connectivity index (χ2n) is 7.17. The van der Waals surface area contributed by atoms with Crippen LogP contribution in [0.2, 0.25) is 0 Å². The Kier molecular flexibility index (Phi) is 5.35. The number of aryl methyl sites for hydroxylation is 2. The Hall–Kier alpha value is -2.69. The first-order valence-electron chi connectivity index (χ1n) is 8.92. The average molecular weight is 352 g/mol. The van der Waals surface area contributed by atoms with Gasteiger partial charge in [0, 0.05) is 24.4 Å². The van der Waals surface area contributed by atoms with Crippen LogP contribution in [-0.2, 0) is 16.0 Å². The maximum atomic E-state index is 12.6. The minimum Gasteiger partial charge on any atom is -0.481 e. The zero-order chi connectivity index (χ0) is 18.7. The molecule has 1 aliphatic rings. The normalized spacial score (nSPS) is 19.6. The molecule has 0 bridgehead atoms. The zero-order valence-corrected chi connectivity index (χ0v) is 15.1. The summed E-state index contributed by atoms with van der Waals surface area (Å²) in [4.78, 5) is 27.8. The molecule has 3 rings (SSSR count). The summed E-state index contributed by atoms with van der Waals surface area (Å²) in [6.07, 6.45) is 4.72. The van der Waals surface area contributed by atoms with Gasteiger partial charge in [-0.1, -0.05) is 23.8 Å². The fourth-order valence-corrected chi connectivity index (χ4v) is 3.50. The number of carboxylic acids is 1. The number of benzene rings is 1. The minimum absolute atomic E-state index is 0.0529. The van der Waals surface area contributed by atoms with Crippen molar-refractivity contribution in [3.05, 3.63) is 65.0 Å². The van der Waals surface area contributed by atoms with E-state index in [1.165, 1.54) is 5.56 Å². The molecule has 2 aromatic rings. The van der Waals surface area contributed by atoms with Gasteiger partial charge in [0.1, 0.15) is 0 Å². The molecule has 26 heavy (non-hydrogen) atoms. The standard InChI is InChI=1S/C21H24N2O3/c1-13-3-4-16(14(2)9-13)10-17(11-20(24)25)23-21(26)19-12-18(19)15-5-7-22-8-6-15/h3-9,17-19H,10-12H2,1-2H3,(H,23,26)(H,24,25)/t17?,18-,19+/m1/s1. The molecule has 1 heterocycles. The zero-order valence-electron chi connectivity index (χ0n) is 15.1. The predicted octanol–water partition coefficient (Wildman–Crippen LogP) is 3.00. The Morgan fingerprint density at radius 3 is 2.62 bits per heavy atom. The summed E-state index contributed by atoms with van der Waals surface area (Å²) in [5, 5.41) is 12.2. The number of nitrogens with one attached hydrogen (secondary N) is 1. The van der Waals surface area contributed by atoms with Crippen molar-refractivity contribution in [2.75, 3.05) is 0 Å². The molecule has 1 fully saturated rings. The second-order valence-corrected chi connectivity index (χ2v) is 7.17. The van der Waals surface area contributed by atoms with Crippen molar-refractivity contribution in [2.45, 2.75) is 45.1 Å². The van der Waals surface area contributed by atoms with Gasteiger partial charge in [0.25, 0.3) is 0 Å². The van der Waals surface area contributed by atoms with E-state index in [4.69, 9.17) is 0 Å². The summed E-state index contributed by atoms with van der Waals surface area (Å²) in [5.74, 6) is -0.818. The molecule has 1 unspecified atom stereocenters. The lowest BCUT2D eigenvalue weighted by atomic mass is 9.97. The number of rotatable bonds is 7. The monoisotopic (exact) mass is 352 g/mol. The summed E-state index contributed by atoms with van der Waals surface area (Å²) >= 11 is 0. The molecule has 136 valence electrons. The number of hydrogen-bond acceptors (Lipinski definition) is 3. The van der Waals surface area contributed by atoms with Crippen LogP contribution in [0.15, 0.2) is 42.7 Å². The topological polar surface area (TPSA) is 79.3 Å². The van der Waals surface area contributed by atoms with E-state index in [2.05, 4.69) is 16.4 Å². The molecule has 1 saturated carbocycles. The number of carbonyl (C=O) groups is 2. The molecule has 0 aliphatic heterocycles. The van der Waals surface area contributed by atoms with Gasteiger partial charge in [-0.2, -0.15) is 0 Å². The number of nitrogens with zero attached hydrogens (tertiary/aromatic N) is 1. The Morgan fingerprint density at radius 2 is 1.96 bits per heavy atom. The van der Waals surface area contributed by atoms with Crippen LogP contribution < -0.4 is 5.32 Å². The lowest BCUT2D eigenvalue weighted by molar-refractivity contribution is -0.137. The van der Waals surface area contributed by atoms with Crippen molar-refractivity contribution in [1.29, 1.82) is 0 Å². The van der Waals surface area contributed by atoms with Crippen LogP contribution in [0.3, 0.4) is 0 Å². The van der Waals surface area contributed by atoms with Crippen LogP contribution >= 0.6 is 0 Å². The molecular weight excluding hydrogens is 328 g/mol. The van der Waals surface area contributed by atoms with Crippen LogP contribution in [0.1, 0.15) is 41.0 Å². The number of amides is 1. The molecule has 1 aliphatic carbocycles. The third kappa shape index (κ3) is 4.48. The Labute approximate surface area is 153 Å². The van der Waals surface area contributed by atoms with Gasteiger partial charge >= 0.3 is 5.97 Å². The number of carbonyl (C=O) groups excluding carboxylic acids is 1. The molecule has 0 saturated heterocycles. The molecule has 2 N–H and O–H groups in total. The first-order valence-corrected chi connectivity index (χ1v) is 8.92. The summed E-state index contributed by atoms with van der Waals surface area (Å²) in [6, 6.07) is 9.57. The van der Waals surface area contributed by atoms with Gasteiger partial charge in [-0.3, -0.25) is 14.6 Å². The Balaban J connectivity index is 1.65. The SMILES string of the molecule is Cc1ccc(CC(CC(=O)O)NC(=O)[C@H]2C[C@@H]2c2ccncc2)c(C)c1. The van der Waals surface area contributed by atoms with E-state index >= 15 is 0 Å². The van der Waals surface area contributed by atoms with Gasteiger partial charge in [0.2, 0.25) is 5.91 Å². The molecule has 0 radical (unpaired) electrons. The Bertz CT molecular complexity index is 804. The summed E-state index contributed by atoms with van der Waals surface area (Å²) in [6.45, 7) is 4.04. The van der Waals surface area contributed by atoms with Gasteiger partial charge in [-0.15, -0.1) is 0 Å². The Morgan fingerprint density at radius 1 is 1.23 bits per heavy atom. The summed E-state index contributed by atoms with van der Waals surface area (Å²) in [7, 11) is 0. The first-order chi connectivity index (χ1) is 12.4. The van der Waals surface area contributed by atoms with Crippen LogP contribution in [0, 0.1) is 19.8 Å². The highest BCUT2D eigenvalue weighted by atomic mass is 16.4. The average Bonchev–Trinajstić information content (AvgIpc) is 3.38. The second kappa shape index (κ2) is 7.68. The van der Waals surface area contributed by atoms with Crippen molar-refractivity contribution in [3.8, 4) is 0 Å². The fraction of sp³-hybridized carbons (Fsp3) is 0.381. The van der Waals surface area contributed by atoms with Gasteiger partial charge in [-0.05, 0) is 61.4 Å². The van der Waals surface area contributed by atoms with E-state index in [0.29, 0.717) is 6.42 Å². The van der Waals surface area contributed by atoms with E-state index in [1.54, 1.807) is 12.4 Å². The molecule has 1 amide bonds. The summed E-state index contributed by atoms with van der Waals surface area (Å²) in [5.41, 5.74) is 4.48. The van der Waals surface area contributed by atoms with Crippen molar-refractivity contribution in [3.63, 3.8) is 0 Å². The molecular formula is C21H24N2O3. The molecule has 5 heteroatoms. The maximum absolute atomic E-state index is 12.6. The quantitative estimate of drug-likeness (QED) is 0.803. The molecule has 5 nitrogen and oxygen atoms in total. The van der Waals surface area contributed by atoms with Gasteiger partial charge < -0.3 is 10.4 Å². The van der Waals surface area contributed by atoms with E-state index in [0.717, 1.165) is 23.1 Å². The van der Waals surface area contributed by atoms with E-state index in [-0.39, 0.29) is 24.2 Å². The molecule has 1 aromatic heterocycles. The van der Waals surface area contributed by atoms with Gasteiger partial charge in [0.05, 0.1) is 6.42 Å². The largest absolute Gasteiger partial charge is 0.481 e. The highest BCUT2D eigenvalue weighted by molar-refractivity contribution is 5.83. The number of carboxylic acid groups (broad SMARTS) is 1. The van der Waals surface area contributed by atoms with Crippen molar-refractivity contribution in [2.24, 2.45) is 5.92 Å². The third-order valence-electron chi connectivity index (χ3n) is 4.99. The van der Waals surface area contributed by atoms with Crippen LogP contribution in [0.4, 0.5) is 0 Å². The molecule has 3 atom stereocenters. The lowest BCUT2D eigenvalue weighted by Crippen LogP contribution is -2.39. The van der Waals surface area contributed by atoms with Crippen LogP contribution in [0.25, 0.3) is 0 Å². The van der Waals surface area contributed by atoms with E-state index in [9.17, 15) is 14.7 Å². The number of pyridine rings is 1. The predicted molar refractivity (Wildman–Crippen MR) is 98.9 cm³/mol. The number of aromatic nitrogens is 1. The molecule has 0 spiro atoms. The number of aliphatic carboxylic acids is 1. The third-order valence-corrected chi connectivity index (χ3v) is 4.99. The van der Waals surface area contributed by atoms with Gasteiger partial charge in [0.15, 0.2) is 0 Å². The molecule has 1 aromatic carbocycles. The first kappa shape index (κ1) is 18.1. The van der Waals surface area contributed by atoms with Crippen molar-refractivity contribution in [1.82, 2.24) is 10.3 Å². The van der Waals surface area contributed by atoms with Gasteiger partial charge in [-0.25, -0.2) is 0 Å². The summed E-state index contributed by atoms with van der Waals surface area (Å²) < 4.78 is 0. The maximum Gasteiger partial charge on any atom is 0.305 e. The highest BCUT2D eigenvalue weighted by Crippen LogP contribution is 2.47. The lowest BCUT2D eigenvalue weighted by Gasteiger charge is -2.19. The van der Waals surface area contributed by atoms with Crippen LogP contribution in [-0.4, -0.2) is 28.0 Å². The van der Waals surface area contributed by atoms with E-state index < -0.39 is 12.0 Å².